The fourth-order valence-corrected chi connectivity index (χ4v) is 3.72. The molecule has 0 saturated heterocycles. The molecule has 1 amide bonds. The molecule has 0 fully saturated rings. The van der Waals surface area contributed by atoms with Crippen molar-refractivity contribution in [2.45, 2.75) is 18.4 Å². The Morgan fingerprint density at radius 2 is 1.59 bits per heavy atom. The third-order valence-electron chi connectivity index (χ3n) is 4.45. The number of benzene rings is 2. The summed E-state index contributed by atoms with van der Waals surface area (Å²) in [5, 5.41) is 0. The Hall–Kier alpha value is -2.87. The predicted molar refractivity (Wildman–Crippen MR) is 112 cm³/mol. The molecular formula is C21H26N2O5S. The number of hydrogen-bond acceptors (Lipinski definition) is 6. The van der Waals surface area contributed by atoms with Crippen molar-refractivity contribution >= 4 is 27.4 Å². The fourth-order valence-electron chi connectivity index (χ4n) is 2.64. The van der Waals surface area contributed by atoms with Gasteiger partial charge in [-0.3, -0.25) is 4.79 Å². The van der Waals surface area contributed by atoms with Crippen LogP contribution in [0.1, 0.15) is 22.8 Å². The number of carbonyl (C=O) groups is 2. The van der Waals surface area contributed by atoms with Gasteiger partial charge in [0.15, 0.2) is 16.4 Å². The first-order chi connectivity index (χ1) is 13.7. The quantitative estimate of drug-likeness (QED) is 0.612. The molecule has 0 spiro atoms. The maximum absolute atomic E-state index is 12.4. The molecule has 0 aliphatic heterocycles. The van der Waals surface area contributed by atoms with Crippen molar-refractivity contribution in [2.75, 3.05) is 38.4 Å². The molecule has 0 bridgehead atoms. The van der Waals surface area contributed by atoms with Crippen molar-refractivity contribution in [3.05, 3.63) is 59.7 Å². The Labute approximate surface area is 171 Å². The van der Waals surface area contributed by atoms with E-state index in [0.29, 0.717) is 6.54 Å². The molecule has 0 radical (unpaired) electrons. The van der Waals surface area contributed by atoms with E-state index in [1.54, 1.807) is 19.2 Å². The molecular weight excluding hydrogens is 392 g/mol. The molecule has 7 nitrogen and oxygen atoms in total. The smallest absolute Gasteiger partial charge is 0.339 e. The van der Waals surface area contributed by atoms with E-state index in [2.05, 4.69) is 0 Å². The Kier molecular flexibility index (Phi) is 7.39. The second kappa shape index (κ2) is 9.56. The van der Waals surface area contributed by atoms with Crippen LogP contribution >= 0.6 is 0 Å². The van der Waals surface area contributed by atoms with Crippen molar-refractivity contribution in [2.24, 2.45) is 0 Å². The summed E-state index contributed by atoms with van der Waals surface area (Å²) in [5.74, 6) is -1.36. The van der Waals surface area contributed by atoms with E-state index >= 15 is 0 Å². The maximum Gasteiger partial charge on any atom is 0.339 e. The molecule has 8 heteroatoms. The monoisotopic (exact) mass is 418 g/mol. The molecule has 2 aromatic rings. The number of sulfone groups is 1. The summed E-state index contributed by atoms with van der Waals surface area (Å²) in [4.78, 5) is 28.0. The SMILES string of the molecule is CCS(=O)(=O)c1ccccc1C(=O)OCC(=O)N(C)Cc1ccc(N(C)C)cc1. The van der Waals surface area contributed by atoms with Crippen molar-refractivity contribution in [1.82, 2.24) is 4.90 Å². The molecule has 156 valence electrons. The van der Waals surface area contributed by atoms with E-state index in [1.165, 1.54) is 24.0 Å². The number of nitrogens with zero attached hydrogens (tertiary/aromatic N) is 2. The zero-order valence-corrected chi connectivity index (χ0v) is 17.9. The van der Waals surface area contributed by atoms with Crippen LogP contribution < -0.4 is 4.90 Å². The number of carbonyl (C=O) groups excluding carboxylic acids is 2. The number of likely N-dealkylation sites (N-methyl/N-ethyl adjacent to an activating group) is 1. The van der Waals surface area contributed by atoms with E-state index in [-0.39, 0.29) is 22.1 Å². The molecule has 0 N–H and O–H groups in total. The Balaban J connectivity index is 1.99. The molecule has 0 saturated carbocycles. The number of esters is 1. The second-order valence-corrected chi connectivity index (χ2v) is 9.03. The average molecular weight is 419 g/mol. The van der Waals surface area contributed by atoms with Gasteiger partial charge >= 0.3 is 5.97 Å². The number of rotatable bonds is 8. The highest BCUT2D eigenvalue weighted by Crippen LogP contribution is 2.18. The van der Waals surface area contributed by atoms with Crippen molar-refractivity contribution < 1.29 is 22.7 Å². The summed E-state index contributed by atoms with van der Waals surface area (Å²) in [6, 6.07) is 13.6. The first kappa shape index (κ1) is 22.4. The average Bonchev–Trinajstić information content (AvgIpc) is 2.72. The number of anilines is 1. The molecule has 2 rings (SSSR count). The Morgan fingerprint density at radius 1 is 0.966 bits per heavy atom. The van der Waals surface area contributed by atoms with Crippen LogP contribution in [0.5, 0.6) is 0 Å². The standard InChI is InChI=1S/C21H26N2O5S/c1-5-29(26,27)19-9-7-6-8-18(19)21(25)28-15-20(24)23(4)14-16-10-12-17(13-11-16)22(2)3/h6-13H,5,14-15H2,1-4H3. The van der Waals surface area contributed by atoms with Crippen molar-refractivity contribution in [3.8, 4) is 0 Å². The van der Waals surface area contributed by atoms with Crippen molar-refractivity contribution in [3.63, 3.8) is 0 Å². The van der Waals surface area contributed by atoms with Crippen LogP contribution in [0.2, 0.25) is 0 Å². The molecule has 0 aliphatic carbocycles. The van der Waals surface area contributed by atoms with Gasteiger partial charge in [0, 0.05) is 33.4 Å². The second-order valence-electron chi connectivity index (χ2n) is 6.79. The highest BCUT2D eigenvalue weighted by Gasteiger charge is 2.22. The van der Waals surface area contributed by atoms with Gasteiger partial charge in [0.25, 0.3) is 5.91 Å². The molecule has 0 atom stereocenters. The lowest BCUT2D eigenvalue weighted by Gasteiger charge is -2.18. The summed E-state index contributed by atoms with van der Waals surface area (Å²) in [6.45, 7) is 1.40. The van der Waals surface area contributed by atoms with Gasteiger partial charge in [0.2, 0.25) is 0 Å². The summed E-state index contributed by atoms with van der Waals surface area (Å²) >= 11 is 0. The van der Waals surface area contributed by atoms with Gasteiger partial charge in [-0.15, -0.1) is 0 Å². The lowest BCUT2D eigenvalue weighted by Crippen LogP contribution is -2.31. The predicted octanol–water partition coefficient (Wildman–Crippen LogP) is 2.36. The van der Waals surface area contributed by atoms with Crippen LogP contribution in [0.3, 0.4) is 0 Å². The first-order valence-electron chi connectivity index (χ1n) is 9.15. The molecule has 0 unspecified atom stereocenters. The minimum Gasteiger partial charge on any atom is -0.452 e. The summed E-state index contributed by atoms with van der Waals surface area (Å²) < 4.78 is 29.4. The van der Waals surface area contributed by atoms with Gasteiger partial charge in [0.1, 0.15) is 0 Å². The maximum atomic E-state index is 12.4. The van der Waals surface area contributed by atoms with E-state index in [0.717, 1.165) is 11.3 Å². The molecule has 0 aromatic heterocycles. The van der Waals surface area contributed by atoms with Crippen LogP contribution in [-0.2, 0) is 25.9 Å². The lowest BCUT2D eigenvalue weighted by atomic mass is 10.2. The lowest BCUT2D eigenvalue weighted by molar-refractivity contribution is -0.133. The Morgan fingerprint density at radius 3 is 2.17 bits per heavy atom. The van der Waals surface area contributed by atoms with Crippen LogP contribution in [0.4, 0.5) is 5.69 Å². The topological polar surface area (TPSA) is 84.0 Å². The van der Waals surface area contributed by atoms with Crippen molar-refractivity contribution in [1.29, 1.82) is 0 Å². The van der Waals surface area contributed by atoms with Crippen LogP contribution in [0.15, 0.2) is 53.4 Å². The van der Waals surface area contributed by atoms with Crippen LogP contribution in [0, 0.1) is 0 Å². The van der Waals surface area contributed by atoms with Crippen LogP contribution in [-0.4, -0.2) is 58.7 Å². The third-order valence-corrected chi connectivity index (χ3v) is 6.23. The minimum absolute atomic E-state index is 0.0657. The van der Waals surface area contributed by atoms with E-state index in [9.17, 15) is 18.0 Å². The number of amides is 1. The largest absolute Gasteiger partial charge is 0.452 e. The van der Waals surface area contributed by atoms with Gasteiger partial charge < -0.3 is 14.5 Å². The molecule has 2 aromatic carbocycles. The zero-order valence-electron chi connectivity index (χ0n) is 17.1. The van der Waals surface area contributed by atoms with Gasteiger partial charge in [-0.25, -0.2) is 13.2 Å². The van der Waals surface area contributed by atoms with E-state index in [1.807, 2.05) is 43.3 Å². The molecule has 0 heterocycles. The minimum atomic E-state index is -3.58. The highest BCUT2D eigenvalue weighted by molar-refractivity contribution is 7.91. The number of hydrogen-bond donors (Lipinski definition) is 0. The Bertz CT molecular complexity index is 969. The highest BCUT2D eigenvalue weighted by atomic mass is 32.2. The van der Waals surface area contributed by atoms with Gasteiger partial charge in [-0.1, -0.05) is 31.2 Å². The summed E-state index contributed by atoms with van der Waals surface area (Å²) in [5.41, 5.74) is 1.93. The van der Waals surface area contributed by atoms with Crippen LogP contribution in [0.25, 0.3) is 0 Å². The summed E-state index contributed by atoms with van der Waals surface area (Å²) in [6.07, 6.45) is 0. The van der Waals surface area contributed by atoms with E-state index in [4.69, 9.17) is 4.74 Å². The zero-order chi connectivity index (χ0) is 21.6. The number of ether oxygens (including phenoxy) is 1. The fraction of sp³-hybridized carbons (Fsp3) is 0.333. The normalized spacial score (nSPS) is 11.0. The molecule has 0 aliphatic rings. The third kappa shape index (κ3) is 5.80. The van der Waals surface area contributed by atoms with E-state index < -0.39 is 22.4 Å². The van der Waals surface area contributed by atoms with Gasteiger partial charge in [-0.05, 0) is 29.8 Å². The van der Waals surface area contributed by atoms with Gasteiger partial charge in [-0.2, -0.15) is 0 Å². The molecule has 29 heavy (non-hydrogen) atoms. The van der Waals surface area contributed by atoms with Gasteiger partial charge in [0.05, 0.1) is 16.2 Å². The summed E-state index contributed by atoms with van der Waals surface area (Å²) in [7, 11) is 1.93. The first-order valence-corrected chi connectivity index (χ1v) is 10.8.